The van der Waals surface area contributed by atoms with Crippen LogP contribution in [-0.2, 0) is 0 Å². The van der Waals surface area contributed by atoms with E-state index in [1.165, 1.54) is 4.90 Å². The second kappa shape index (κ2) is 6.29. The van der Waals surface area contributed by atoms with E-state index in [9.17, 15) is 4.79 Å². The molecule has 0 fully saturated rings. The molecule has 90 valence electrons. The van der Waals surface area contributed by atoms with Crippen molar-refractivity contribution < 1.29 is 9.90 Å². The molecule has 1 N–H and O–H groups in total. The van der Waals surface area contributed by atoms with E-state index in [1.54, 1.807) is 32.3 Å². The van der Waals surface area contributed by atoms with Crippen LogP contribution in [-0.4, -0.2) is 36.6 Å². The lowest BCUT2D eigenvalue weighted by Gasteiger charge is -2.10. The van der Waals surface area contributed by atoms with Crippen molar-refractivity contribution in [2.75, 3.05) is 20.7 Å². The quantitative estimate of drug-likeness (QED) is 0.814. The summed E-state index contributed by atoms with van der Waals surface area (Å²) in [6.45, 7) is 0.0296. The fraction of sp³-hybridized carbons (Fsp3) is 0.308. The highest BCUT2D eigenvalue weighted by molar-refractivity contribution is 6.32. The maximum absolute atomic E-state index is 11.7. The van der Waals surface area contributed by atoms with Crippen LogP contribution in [0.25, 0.3) is 0 Å². The van der Waals surface area contributed by atoms with Gasteiger partial charge < -0.3 is 10.0 Å². The SMILES string of the molecule is CN(C)C(=O)c1ccc(C#CCCO)c(Cl)c1. The van der Waals surface area contributed by atoms with E-state index in [4.69, 9.17) is 16.7 Å². The summed E-state index contributed by atoms with van der Waals surface area (Å²) in [5.74, 6) is 5.53. The maximum Gasteiger partial charge on any atom is 0.253 e. The molecule has 0 saturated heterocycles. The number of carbonyl (C=O) groups excluding carboxylic acids is 1. The predicted octanol–water partition coefficient (Wildman–Crippen LogP) is 1.78. The molecule has 0 atom stereocenters. The number of benzene rings is 1. The van der Waals surface area contributed by atoms with Gasteiger partial charge in [-0.25, -0.2) is 0 Å². The predicted molar refractivity (Wildman–Crippen MR) is 68.1 cm³/mol. The van der Waals surface area contributed by atoms with Gasteiger partial charge in [0, 0.05) is 31.6 Å². The number of aliphatic hydroxyl groups is 1. The van der Waals surface area contributed by atoms with Gasteiger partial charge in [0.05, 0.1) is 11.6 Å². The number of carbonyl (C=O) groups is 1. The highest BCUT2D eigenvalue weighted by Gasteiger charge is 2.09. The average molecular weight is 252 g/mol. The third-order valence-electron chi connectivity index (χ3n) is 2.08. The van der Waals surface area contributed by atoms with Crippen molar-refractivity contribution in [1.29, 1.82) is 0 Å². The molecule has 17 heavy (non-hydrogen) atoms. The Morgan fingerprint density at radius 2 is 2.18 bits per heavy atom. The van der Waals surface area contributed by atoms with E-state index in [0.29, 0.717) is 22.6 Å². The topological polar surface area (TPSA) is 40.5 Å². The molecule has 3 nitrogen and oxygen atoms in total. The van der Waals surface area contributed by atoms with Gasteiger partial charge in [0.1, 0.15) is 0 Å². The van der Waals surface area contributed by atoms with Crippen LogP contribution >= 0.6 is 11.6 Å². The Hall–Kier alpha value is -1.50. The zero-order valence-corrected chi connectivity index (χ0v) is 10.6. The lowest BCUT2D eigenvalue weighted by Crippen LogP contribution is -2.21. The van der Waals surface area contributed by atoms with Gasteiger partial charge in [-0.3, -0.25) is 4.79 Å². The molecule has 0 heterocycles. The molecule has 0 saturated carbocycles. The van der Waals surface area contributed by atoms with E-state index in [1.807, 2.05) is 0 Å². The number of aliphatic hydroxyl groups excluding tert-OH is 1. The van der Waals surface area contributed by atoms with Gasteiger partial charge in [0.25, 0.3) is 5.91 Å². The molecule has 4 heteroatoms. The summed E-state index contributed by atoms with van der Waals surface area (Å²) < 4.78 is 0. The Balaban J connectivity index is 2.95. The Morgan fingerprint density at radius 1 is 1.47 bits per heavy atom. The zero-order chi connectivity index (χ0) is 12.8. The van der Waals surface area contributed by atoms with Crippen molar-refractivity contribution in [3.8, 4) is 11.8 Å². The van der Waals surface area contributed by atoms with E-state index < -0.39 is 0 Å². The first kappa shape index (κ1) is 13.6. The van der Waals surface area contributed by atoms with E-state index in [0.717, 1.165) is 0 Å². The third-order valence-corrected chi connectivity index (χ3v) is 2.39. The number of rotatable bonds is 2. The zero-order valence-electron chi connectivity index (χ0n) is 9.83. The van der Waals surface area contributed by atoms with Gasteiger partial charge in [-0.2, -0.15) is 0 Å². The van der Waals surface area contributed by atoms with Crippen LogP contribution in [0.1, 0.15) is 22.3 Å². The first-order valence-electron chi connectivity index (χ1n) is 5.17. The summed E-state index contributed by atoms with van der Waals surface area (Å²) in [6, 6.07) is 5.01. The summed E-state index contributed by atoms with van der Waals surface area (Å²) >= 11 is 6.02. The summed E-state index contributed by atoms with van der Waals surface area (Å²) in [5.41, 5.74) is 1.20. The monoisotopic (exact) mass is 251 g/mol. The smallest absolute Gasteiger partial charge is 0.253 e. The Bertz CT molecular complexity index is 472. The molecule has 0 aliphatic carbocycles. The van der Waals surface area contributed by atoms with Crippen molar-refractivity contribution >= 4 is 17.5 Å². The van der Waals surface area contributed by atoms with Gasteiger partial charge in [-0.05, 0) is 18.2 Å². The lowest BCUT2D eigenvalue weighted by atomic mass is 10.1. The summed E-state index contributed by atoms with van der Waals surface area (Å²) in [6.07, 6.45) is 0.411. The molecule has 0 radical (unpaired) electrons. The van der Waals surface area contributed by atoms with Crippen molar-refractivity contribution in [2.45, 2.75) is 6.42 Å². The Labute approximate surface area is 106 Å². The first-order valence-corrected chi connectivity index (χ1v) is 5.55. The summed E-state index contributed by atoms with van der Waals surface area (Å²) in [7, 11) is 3.37. The number of hydrogen-bond acceptors (Lipinski definition) is 2. The van der Waals surface area contributed by atoms with Crippen molar-refractivity contribution in [3.63, 3.8) is 0 Å². The molecule has 0 aliphatic rings. The van der Waals surface area contributed by atoms with Crippen LogP contribution in [0, 0.1) is 11.8 Å². The van der Waals surface area contributed by atoms with Gasteiger partial charge >= 0.3 is 0 Å². The van der Waals surface area contributed by atoms with E-state index in [2.05, 4.69) is 11.8 Å². The van der Waals surface area contributed by atoms with Crippen LogP contribution in [0.4, 0.5) is 0 Å². The second-order valence-electron chi connectivity index (χ2n) is 3.67. The molecule has 0 bridgehead atoms. The molecular weight excluding hydrogens is 238 g/mol. The lowest BCUT2D eigenvalue weighted by molar-refractivity contribution is 0.0827. The largest absolute Gasteiger partial charge is 0.395 e. The second-order valence-corrected chi connectivity index (χ2v) is 4.08. The van der Waals surface area contributed by atoms with Crippen LogP contribution in [0.5, 0.6) is 0 Å². The molecule has 1 aromatic rings. The molecule has 0 unspecified atom stereocenters. The highest BCUT2D eigenvalue weighted by atomic mass is 35.5. The van der Waals surface area contributed by atoms with E-state index in [-0.39, 0.29) is 12.5 Å². The Morgan fingerprint density at radius 3 is 2.71 bits per heavy atom. The minimum atomic E-state index is -0.0956. The van der Waals surface area contributed by atoms with Crippen LogP contribution in [0.15, 0.2) is 18.2 Å². The summed E-state index contributed by atoms with van der Waals surface area (Å²) in [5, 5.41) is 9.05. The number of hydrogen-bond donors (Lipinski definition) is 1. The normalized spacial score (nSPS) is 9.41. The maximum atomic E-state index is 11.7. The van der Waals surface area contributed by atoms with Crippen LogP contribution in [0.2, 0.25) is 5.02 Å². The van der Waals surface area contributed by atoms with Gasteiger partial charge in [-0.15, -0.1) is 0 Å². The molecule has 0 aromatic heterocycles. The van der Waals surface area contributed by atoms with Crippen molar-refractivity contribution in [3.05, 3.63) is 34.3 Å². The molecule has 0 aliphatic heterocycles. The van der Waals surface area contributed by atoms with Crippen LogP contribution < -0.4 is 0 Å². The standard InChI is InChI=1S/C13H14ClNO2/c1-15(2)13(17)11-7-6-10(12(14)9-11)5-3-4-8-16/h6-7,9,16H,4,8H2,1-2H3. The first-order chi connectivity index (χ1) is 8.06. The molecule has 1 aromatic carbocycles. The fourth-order valence-electron chi connectivity index (χ4n) is 1.22. The van der Waals surface area contributed by atoms with Gasteiger partial charge in [0.2, 0.25) is 0 Å². The minimum absolute atomic E-state index is 0.0296. The Kier molecular flexibility index (Phi) is 5.02. The number of amides is 1. The summed E-state index contributed by atoms with van der Waals surface area (Å²) in [4.78, 5) is 13.2. The minimum Gasteiger partial charge on any atom is -0.395 e. The van der Waals surface area contributed by atoms with Crippen molar-refractivity contribution in [2.24, 2.45) is 0 Å². The fourth-order valence-corrected chi connectivity index (χ4v) is 1.45. The number of halogens is 1. The molecular formula is C13H14ClNO2. The molecule has 1 amide bonds. The average Bonchev–Trinajstić information content (AvgIpc) is 2.30. The van der Waals surface area contributed by atoms with Gasteiger partial charge in [0.15, 0.2) is 0 Å². The highest BCUT2D eigenvalue weighted by Crippen LogP contribution is 2.17. The van der Waals surface area contributed by atoms with Crippen LogP contribution in [0.3, 0.4) is 0 Å². The molecule has 0 spiro atoms. The molecule has 1 rings (SSSR count). The van der Waals surface area contributed by atoms with E-state index >= 15 is 0 Å². The van der Waals surface area contributed by atoms with Crippen molar-refractivity contribution in [1.82, 2.24) is 4.90 Å². The third kappa shape index (κ3) is 3.77. The number of nitrogens with zero attached hydrogens (tertiary/aromatic N) is 1. The van der Waals surface area contributed by atoms with Gasteiger partial charge in [-0.1, -0.05) is 23.4 Å².